The van der Waals surface area contributed by atoms with E-state index in [9.17, 15) is 0 Å². The van der Waals surface area contributed by atoms with E-state index in [0.717, 1.165) is 16.6 Å². The summed E-state index contributed by atoms with van der Waals surface area (Å²) in [6.45, 7) is 2.20. The van der Waals surface area contributed by atoms with Crippen molar-refractivity contribution in [3.05, 3.63) is 64.1 Å². The molecule has 2 aromatic rings. The third-order valence-electron chi connectivity index (χ3n) is 3.33. The highest BCUT2D eigenvalue weighted by Gasteiger charge is 2.10. The third-order valence-corrected chi connectivity index (χ3v) is 4.92. The molecule has 21 heavy (non-hydrogen) atoms. The van der Waals surface area contributed by atoms with Gasteiger partial charge in [-0.15, -0.1) is 11.8 Å². The van der Waals surface area contributed by atoms with Gasteiger partial charge in [-0.25, -0.2) is 0 Å². The van der Waals surface area contributed by atoms with Gasteiger partial charge in [0.05, 0.1) is 6.04 Å². The van der Waals surface area contributed by atoms with Crippen molar-refractivity contribution >= 4 is 27.7 Å². The Morgan fingerprint density at radius 3 is 2.57 bits per heavy atom. The lowest BCUT2D eigenvalue weighted by molar-refractivity contribution is 0.610. The molecule has 0 amide bonds. The van der Waals surface area contributed by atoms with Gasteiger partial charge in [0.15, 0.2) is 0 Å². The Morgan fingerprint density at radius 1 is 1.19 bits per heavy atom. The normalized spacial score (nSPS) is 12.3. The number of nitrogens with two attached hydrogens (primary N) is 1. The van der Waals surface area contributed by atoms with Crippen molar-refractivity contribution in [2.45, 2.75) is 30.7 Å². The fourth-order valence-electron chi connectivity index (χ4n) is 2.18. The summed E-state index contributed by atoms with van der Waals surface area (Å²) in [5.74, 6) is 6.63. The molecular formula is C17H21BrN2S. The summed E-state index contributed by atoms with van der Waals surface area (Å²) in [5.41, 5.74) is 5.54. The molecule has 1 atom stereocenters. The Morgan fingerprint density at radius 2 is 1.95 bits per heavy atom. The first-order chi connectivity index (χ1) is 10.2. The quantitative estimate of drug-likeness (QED) is 0.424. The van der Waals surface area contributed by atoms with Gasteiger partial charge in [0.25, 0.3) is 0 Å². The van der Waals surface area contributed by atoms with Crippen LogP contribution in [0.4, 0.5) is 0 Å². The molecule has 112 valence electrons. The average molecular weight is 365 g/mol. The van der Waals surface area contributed by atoms with Crippen LogP contribution in [0.2, 0.25) is 0 Å². The molecule has 2 rings (SSSR count). The third kappa shape index (κ3) is 5.15. The zero-order chi connectivity index (χ0) is 15.1. The molecule has 0 heterocycles. The number of hydrogen-bond acceptors (Lipinski definition) is 3. The molecule has 2 aromatic carbocycles. The van der Waals surface area contributed by atoms with Gasteiger partial charge in [-0.2, -0.15) is 0 Å². The summed E-state index contributed by atoms with van der Waals surface area (Å²) in [7, 11) is 0. The van der Waals surface area contributed by atoms with Crippen LogP contribution in [-0.4, -0.2) is 5.75 Å². The number of thioether (sulfide) groups is 1. The molecule has 0 fully saturated rings. The minimum atomic E-state index is 0.157. The number of benzene rings is 2. The van der Waals surface area contributed by atoms with Gasteiger partial charge < -0.3 is 0 Å². The zero-order valence-electron chi connectivity index (χ0n) is 12.2. The SMILES string of the molecule is CCCc1ccc(C(CSc2cccc(Br)c2)NN)cc1. The molecule has 0 spiro atoms. The van der Waals surface area contributed by atoms with Gasteiger partial charge in [0, 0.05) is 15.1 Å². The minimum absolute atomic E-state index is 0.157. The fraction of sp³-hybridized carbons (Fsp3) is 0.294. The molecular weight excluding hydrogens is 344 g/mol. The smallest absolute Gasteiger partial charge is 0.0553 e. The molecule has 4 heteroatoms. The molecule has 2 nitrogen and oxygen atoms in total. The van der Waals surface area contributed by atoms with Gasteiger partial charge in [-0.1, -0.05) is 59.6 Å². The Bertz CT molecular complexity index is 557. The summed E-state index contributed by atoms with van der Waals surface area (Å²) in [6, 6.07) is 17.3. The van der Waals surface area contributed by atoms with E-state index in [2.05, 4.69) is 70.7 Å². The Kier molecular flexibility index (Phi) is 6.77. The van der Waals surface area contributed by atoms with Gasteiger partial charge in [0.1, 0.15) is 0 Å². The van der Waals surface area contributed by atoms with Gasteiger partial charge in [-0.05, 0) is 35.7 Å². The van der Waals surface area contributed by atoms with Gasteiger partial charge in [-0.3, -0.25) is 11.3 Å². The number of aryl methyl sites for hydroxylation is 1. The molecule has 0 aliphatic heterocycles. The first-order valence-electron chi connectivity index (χ1n) is 7.16. The van der Waals surface area contributed by atoms with Crippen LogP contribution in [0.25, 0.3) is 0 Å². The maximum absolute atomic E-state index is 5.72. The van der Waals surface area contributed by atoms with E-state index in [4.69, 9.17) is 5.84 Å². The predicted octanol–water partition coefficient (Wildman–Crippen LogP) is 4.70. The summed E-state index contributed by atoms with van der Waals surface area (Å²) in [4.78, 5) is 1.24. The number of rotatable bonds is 7. The molecule has 1 unspecified atom stereocenters. The molecule has 3 N–H and O–H groups in total. The second-order valence-electron chi connectivity index (χ2n) is 4.98. The summed E-state index contributed by atoms with van der Waals surface area (Å²) in [5, 5.41) is 0. The summed E-state index contributed by atoms with van der Waals surface area (Å²) >= 11 is 5.30. The monoisotopic (exact) mass is 364 g/mol. The van der Waals surface area contributed by atoms with Crippen molar-refractivity contribution < 1.29 is 0 Å². The van der Waals surface area contributed by atoms with Crippen molar-refractivity contribution in [1.29, 1.82) is 0 Å². The van der Waals surface area contributed by atoms with Crippen molar-refractivity contribution in [3.63, 3.8) is 0 Å². The van der Waals surface area contributed by atoms with E-state index in [1.807, 2.05) is 6.07 Å². The van der Waals surface area contributed by atoms with Crippen LogP contribution >= 0.6 is 27.7 Å². The highest BCUT2D eigenvalue weighted by molar-refractivity contribution is 9.10. The standard InChI is InChI=1S/C17H21BrN2S/c1-2-4-13-7-9-14(10-8-13)17(20-19)12-21-16-6-3-5-15(18)11-16/h3,5-11,17,20H,2,4,12,19H2,1H3. The number of hydrogen-bond donors (Lipinski definition) is 2. The lowest BCUT2D eigenvalue weighted by Gasteiger charge is -2.16. The van der Waals surface area contributed by atoms with Gasteiger partial charge >= 0.3 is 0 Å². The molecule has 0 aliphatic carbocycles. The second-order valence-corrected chi connectivity index (χ2v) is 6.99. The van der Waals surface area contributed by atoms with Crippen LogP contribution in [0.5, 0.6) is 0 Å². The number of hydrazine groups is 1. The van der Waals surface area contributed by atoms with Gasteiger partial charge in [0.2, 0.25) is 0 Å². The minimum Gasteiger partial charge on any atom is -0.271 e. The topological polar surface area (TPSA) is 38.0 Å². The van der Waals surface area contributed by atoms with Crippen LogP contribution < -0.4 is 11.3 Å². The van der Waals surface area contributed by atoms with Crippen LogP contribution in [0.15, 0.2) is 57.9 Å². The van der Waals surface area contributed by atoms with E-state index in [0.29, 0.717) is 0 Å². The van der Waals surface area contributed by atoms with E-state index in [-0.39, 0.29) is 6.04 Å². The van der Waals surface area contributed by atoms with E-state index >= 15 is 0 Å². The number of nitrogens with one attached hydrogen (secondary N) is 1. The second kappa shape index (κ2) is 8.59. The highest BCUT2D eigenvalue weighted by atomic mass is 79.9. The molecule has 0 saturated carbocycles. The fourth-order valence-corrected chi connectivity index (χ4v) is 3.77. The maximum atomic E-state index is 5.72. The highest BCUT2D eigenvalue weighted by Crippen LogP contribution is 2.26. The molecule has 0 radical (unpaired) electrons. The van der Waals surface area contributed by atoms with Crippen molar-refractivity contribution in [2.24, 2.45) is 5.84 Å². The van der Waals surface area contributed by atoms with Crippen LogP contribution in [0.1, 0.15) is 30.5 Å². The van der Waals surface area contributed by atoms with Crippen LogP contribution in [0.3, 0.4) is 0 Å². The lowest BCUT2D eigenvalue weighted by Crippen LogP contribution is -2.29. The Hall–Kier alpha value is -0.810. The molecule has 0 bridgehead atoms. The van der Waals surface area contributed by atoms with Crippen molar-refractivity contribution in [1.82, 2.24) is 5.43 Å². The van der Waals surface area contributed by atoms with E-state index < -0.39 is 0 Å². The lowest BCUT2D eigenvalue weighted by atomic mass is 10.0. The first kappa shape index (κ1) is 16.6. The van der Waals surface area contributed by atoms with Crippen molar-refractivity contribution in [2.75, 3.05) is 5.75 Å². The van der Waals surface area contributed by atoms with Crippen LogP contribution in [-0.2, 0) is 6.42 Å². The Labute approximate surface area is 139 Å². The van der Waals surface area contributed by atoms with E-state index in [1.54, 1.807) is 11.8 Å². The molecule has 0 aromatic heterocycles. The largest absolute Gasteiger partial charge is 0.271 e. The van der Waals surface area contributed by atoms with Crippen molar-refractivity contribution in [3.8, 4) is 0 Å². The molecule has 0 saturated heterocycles. The molecule has 0 aliphatic rings. The average Bonchev–Trinajstić information content (AvgIpc) is 2.50. The predicted molar refractivity (Wildman–Crippen MR) is 95.4 cm³/mol. The Balaban J connectivity index is 1.99. The summed E-state index contributed by atoms with van der Waals surface area (Å²) in [6.07, 6.45) is 2.31. The first-order valence-corrected chi connectivity index (χ1v) is 8.94. The number of halogens is 1. The van der Waals surface area contributed by atoms with E-state index in [1.165, 1.54) is 22.4 Å². The summed E-state index contributed by atoms with van der Waals surface area (Å²) < 4.78 is 1.11. The zero-order valence-corrected chi connectivity index (χ0v) is 14.6. The van der Waals surface area contributed by atoms with Crippen LogP contribution in [0, 0.1) is 0 Å². The maximum Gasteiger partial charge on any atom is 0.0553 e.